The third-order valence-electron chi connectivity index (χ3n) is 1.79. The first-order valence-electron chi connectivity index (χ1n) is 4.30. The van der Waals surface area contributed by atoms with E-state index in [0.717, 1.165) is 0 Å². The largest absolute Gasteiger partial charge is 0.384 e. The van der Waals surface area contributed by atoms with Crippen molar-refractivity contribution in [2.24, 2.45) is 0 Å². The summed E-state index contributed by atoms with van der Waals surface area (Å²) in [5.74, 6) is -0.869. The Hall–Kier alpha value is -1.42. The molecule has 2 N–H and O–H groups in total. The van der Waals surface area contributed by atoms with E-state index in [1.54, 1.807) is 18.2 Å². The van der Waals surface area contributed by atoms with Gasteiger partial charge in [0.1, 0.15) is 11.9 Å². The van der Waals surface area contributed by atoms with Crippen molar-refractivity contribution in [1.29, 1.82) is 0 Å². The van der Waals surface area contributed by atoms with Crippen LogP contribution in [0.1, 0.15) is 12.5 Å². The van der Waals surface area contributed by atoms with Gasteiger partial charge in [-0.2, -0.15) is 0 Å². The molecule has 0 bridgehead atoms. The average Bonchev–Trinajstić information content (AvgIpc) is 2.16. The van der Waals surface area contributed by atoms with Crippen molar-refractivity contribution in [2.45, 2.75) is 19.6 Å². The van der Waals surface area contributed by atoms with Gasteiger partial charge in [-0.15, -0.1) is 0 Å². The summed E-state index contributed by atoms with van der Waals surface area (Å²) < 4.78 is 13.0. The fourth-order valence-electron chi connectivity index (χ4n) is 0.972. The molecule has 1 aromatic carbocycles. The van der Waals surface area contributed by atoms with Gasteiger partial charge < -0.3 is 10.4 Å². The maximum Gasteiger partial charge on any atom is 0.248 e. The molecule has 1 amide bonds. The van der Waals surface area contributed by atoms with Crippen LogP contribution in [0.25, 0.3) is 0 Å². The Labute approximate surface area is 81.6 Å². The molecule has 4 heteroatoms. The summed E-state index contributed by atoms with van der Waals surface area (Å²) in [6, 6.07) is 6.17. The number of hydrogen-bond donors (Lipinski definition) is 2. The molecule has 0 saturated carbocycles. The van der Waals surface area contributed by atoms with Crippen LogP contribution >= 0.6 is 0 Å². The highest BCUT2D eigenvalue weighted by Crippen LogP contribution is 2.05. The Morgan fingerprint density at radius 2 is 2.21 bits per heavy atom. The predicted molar refractivity (Wildman–Crippen MR) is 49.9 cm³/mol. The van der Waals surface area contributed by atoms with Crippen LogP contribution < -0.4 is 5.32 Å². The second-order valence-electron chi connectivity index (χ2n) is 2.99. The van der Waals surface area contributed by atoms with Crippen LogP contribution in [0.5, 0.6) is 0 Å². The SMILES string of the molecule is CC(O)C(=O)NCc1ccccc1F. The van der Waals surface area contributed by atoms with Gasteiger partial charge in [-0.1, -0.05) is 18.2 Å². The number of carbonyl (C=O) groups is 1. The van der Waals surface area contributed by atoms with Gasteiger partial charge in [0.2, 0.25) is 5.91 Å². The summed E-state index contributed by atoms with van der Waals surface area (Å²) in [5, 5.41) is 11.3. The zero-order chi connectivity index (χ0) is 10.6. The summed E-state index contributed by atoms with van der Waals surface area (Å²) in [6.45, 7) is 1.45. The number of benzene rings is 1. The zero-order valence-corrected chi connectivity index (χ0v) is 7.83. The molecular weight excluding hydrogens is 185 g/mol. The number of rotatable bonds is 3. The number of halogens is 1. The molecular formula is C10H12FNO2. The van der Waals surface area contributed by atoms with E-state index in [-0.39, 0.29) is 12.4 Å². The van der Waals surface area contributed by atoms with Crippen LogP contribution in [-0.4, -0.2) is 17.1 Å². The van der Waals surface area contributed by atoms with Crippen molar-refractivity contribution in [2.75, 3.05) is 0 Å². The zero-order valence-electron chi connectivity index (χ0n) is 7.83. The number of carbonyl (C=O) groups excluding carboxylic acids is 1. The Morgan fingerprint density at radius 1 is 1.57 bits per heavy atom. The lowest BCUT2D eigenvalue weighted by Crippen LogP contribution is -2.32. The molecule has 0 saturated heterocycles. The monoisotopic (exact) mass is 197 g/mol. The minimum atomic E-state index is -1.07. The van der Waals surface area contributed by atoms with E-state index in [4.69, 9.17) is 5.11 Å². The lowest BCUT2D eigenvalue weighted by atomic mass is 10.2. The van der Waals surface area contributed by atoms with Gasteiger partial charge in [-0.3, -0.25) is 4.79 Å². The number of aliphatic hydroxyl groups is 1. The topological polar surface area (TPSA) is 49.3 Å². The van der Waals surface area contributed by atoms with Gasteiger partial charge in [0.05, 0.1) is 0 Å². The van der Waals surface area contributed by atoms with E-state index >= 15 is 0 Å². The molecule has 1 rings (SSSR count). The Morgan fingerprint density at radius 3 is 2.79 bits per heavy atom. The lowest BCUT2D eigenvalue weighted by Gasteiger charge is -2.07. The molecule has 14 heavy (non-hydrogen) atoms. The average molecular weight is 197 g/mol. The summed E-state index contributed by atoms with van der Waals surface area (Å²) >= 11 is 0. The summed E-state index contributed by atoms with van der Waals surface area (Å²) in [6.07, 6.45) is -1.07. The van der Waals surface area contributed by atoms with Gasteiger partial charge in [0.25, 0.3) is 0 Å². The van der Waals surface area contributed by atoms with E-state index < -0.39 is 12.0 Å². The molecule has 0 aliphatic carbocycles. The minimum absolute atomic E-state index is 0.0937. The highest BCUT2D eigenvalue weighted by atomic mass is 19.1. The number of nitrogens with one attached hydrogen (secondary N) is 1. The first-order chi connectivity index (χ1) is 6.61. The second-order valence-corrected chi connectivity index (χ2v) is 2.99. The van der Waals surface area contributed by atoms with Crippen LogP contribution in [0.2, 0.25) is 0 Å². The maximum atomic E-state index is 13.0. The third-order valence-corrected chi connectivity index (χ3v) is 1.79. The number of aliphatic hydroxyl groups excluding tert-OH is 1. The van der Waals surface area contributed by atoms with Crippen molar-refractivity contribution in [3.05, 3.63) is 35.6 Å². The standard InChI is InChI=1S/C10H12FNO2/c1-7(13)10(14)12-6-8-4-2-3-5-9(8)11/h2-5,7,13H,6H2,1H3,(H,12,14). The Bertz CT molecular complexity index is 326. The van der Waals surface area contributed by atoms with Gasteiger partial charge in [0.15, 0.2) is 0 Å². The number of hydrogen-bond acceptors (Lipinski definition) is 2. The molecule has 0 aliphatic rings. The van der Waals surface area contributed by atoms with Crippen LogP contribution in [0.3, 0.4) is 0 Å². The Balaban J connectivity index is 2.54. The van der Waals surface area contributed by atoms with Gasteiger partial charge >= 0.3 is 0 Å². The smallest absolute Gasteiger partial charge is 0.248 e. The minimum Gasteiger partial charge on any atom is -0.384 e. The maximum absolute atomic E-state index is 13.0. The fourth-order valence-corrected chi connectivity index (χ4v) is 0.972. The van der Waals surface area contributed by atoms with Gasteiger partial charge in [0, 0.05) is 12.1 Å². The van der Waals surface area contributed by atoms with E-state index in [1.165, 1.54) is 13.0 Å². The van der Waals surface area contributed by atoms with Crippen LogP contribution in [0.4, 0.5) is 4.39 Å². The molecule has 1 aromatic rings. The third kappa shape index (κ3) is 2.81. The van der Waals surface area contributed by atoms with Crippen molar-refractivity contribution in [3.8, 4) is 0 Å². The van der Waals surface area contributed by atoms with Crippen LogP contribution in [-0.2, 0) is 11.3 Å². The lowest BCUT2D eigenvalue weighted by molar-refractivity contribution is -0.128. The molecule has 0 aliphatic heterocycles. The molecule has 76 valence electrons. The van der Waals surface area contributed by atoms with Crippen LogP contribution in [0.15, 0.2) is 24.3 Å². The van der Waals surface area contributed by atoms with Crippen molar-refractivity contribution in [3.63, 3.8) is 0 Å². The second kappa shape index (κ2) is 4.72. The molecule has 0 fully saturated rings. The van der Waals surface area contributed by atoms with Gasteiger partial charge in [-0.25, -0.2) is 4.39 Å². The first kappa shape index (κ1) is 10.7. The van der Waals surface area contributed by atoms with Crippen molar-refractivity contribution >= 4 is 5.91 Å². The quantitative estimate of drug-likeness (QED) is 0.753. The van der Waals surface area contributed by atoms with Crippen molar-refractivity contribution < 1.29 is 14.3 Å². The predicted octanol–water partition coefficient (Wildman–Crippen LogP) is 0.823. The van der Waals surface area contributed by atoms with Crippen LogP contribution in [0, 0.1) is 5.82 Å². The van der Waals surface area contributed by atoms with E-state index in [1.807, 2.05) is 0 Å². The summed E-state index contributed by atoms with van der Waals surface area (Å²) in [7, 11) is 0. The summed E-state index contributed by atoms with van der Waals surface area (Å²) in [4.78, 5) is 10.9. The molecule has 0 spiro atoms. The van der Waals surface area contributed by atoms with E-state index in [0.29, 0.717) is 5.56 Å². The Kier molecular flexibility index (Phi) is 3.59. The molecule has 3 nitrogen and oxygen atoms in total. The highest BCUT2D eigenvalue weighted by molar-refractivity contribution is 5.79. The molecule has 0 heterocycles. The van der Waals surface area contributed by atoms with E-state index in [2.05, 4.69) is 5.32 Å². The first-order valence-corrected chi connectivity index (χ1v) is 4.30. The molecule has 0 radical (unpaired) electrons. The summed E-state index contributed by atoms with van der Waals surface area (Å²) in [5.41, 5.74) is 0.404. The van der Waals surface area contributed by atoms with Crippen molar-refractivity contribution in [1.82, 2.24) is 5.32 Å². The highest BCUT2D eigenvalue weighted by Gasteiger charge is 2.08. The molecule has 1 unspecified atom stereocenters. The number of amides is 1. The normalized spacial score (nSPS) is 12.2. The fraction of sp³-hybridized carbons (Fsp3) is 0.300. The van der Waals surface area contributed by atoms with Gasteiger partial charge in [-0.05, 0) is 13.0 Å². The van der Waals surface area contributed by atoms with E-state index in [9.17, 15) is 9.18 Å². The molecule has 1 atom stereocenters. The molecule has 0 aromatic heterocycles.